The highest BCUT2D eigenvalue weighted by Crippen LogP contribution is 2.28. The van der Waals surface area contributed by atoms with Crippen molar-refractivity contribution in [3.63, 3.8) is 0 Å². The van der Waals surface area contributed by atoms with Gasteiger partial charge in [-0.1, -0.05) is 29.8 Å². The van der Waals surface area contributed by atoms with E-state index in [0.717, 1.165) is 38.6 Å². The summed E-state index contributed by atoms with van der Waals surface area (Å²) in [5.74, 6) is 0.893. The molecule has 0 radical (unpaired) electrons. The van der Waals surface area contributed by atoms with Gasteiger partial charge in [0, 0.05) is 16.6 Å². The Morgan fingerprint density at radius 1 is 1.19 bits per heavy atom. The maximum atomic E-state index is 6.41. The van der Waals surface area contributed by atoms with Crippen molar-refractivity contribution in [1.29, 1.82) is 0 Å². The van der Waals surface area contributed by atoms with E-state index in [1.807, 2.05) is 43.3 Å². The standard InChI is InChI=1S/C17H17ClN2O/c1-11-9-12(7-8-16(11)21-2)19-10-15-17(18)13-5-3-4-6-14(13)20-15/h3-9,19-20H,10H2,1-2H3. The second-order valence-electron chi connectivity index (χ2n) is 5.00. The van der Waals surface area contributed by atoms with Crippen molar-refractivity contribution < 1.29 is 4.74 Å². The fourth-order valence-corrected chi connectivity index (χ4v) is 2.74. The lowest BCUT2D eigenvalue weighted by Gasteiger charge is -2.09. The summed E-state index contributed by atoms with van der Waals surface area (Å²) in [6.07, 6.45) is 0. The molecule has 0 aliphatic carbocycles. The van der Waals surface area contributed by atoms with Gasteiger partial charge in [-0.25, -0.2) is 0 Å². The molecule has 0 saturated carbocycles. The SMILES string of the molecule is COc1ccc(NCc2[nH]c3ccccc3c2Cl)cc1C. The number of aryl methyl sites for hydroxylation is 1. The van der Waals surface area contributed by atoms with Crippen LogP contribution in [0.5, 0.6) is 5.75 Å². The molecule has 3 rings (SSSR count). The van der Waals surface area contributed by atoms with E-state index in [2.05, 4.69) is 16.4 Å². The quantitative estimate of drug-likeness (QED) is 0.729. The first-order chi connectivity index (χ1) is 10.2. The molecule has 0 unspecified atom stereocenters. The zero-order valence-electron chi connectivity index (χ0n) is 12.0. The van der Waals surface area contributed by atoms with Gasteiger partial charge in [0.15, 0.2) is 0 Å². The average Bonchev–Trinajstić information content (AvgIpc) is 2.82. The van der Waals surface area contributed by atoms with Gasteiger partial charge in [-0.2, -0.15) is 0 Å². The van der Waals surface area contributed by atoms with Crippen molar-refractivity contribution in [1.82, 2.24) is 4.98 Å². The van der Waals surface area contributed by atoms with Gasteiger partial charge < -0.3 is 15.0 Å². The molecule has 0 bridgehead atoms. The number of rotatable bonds is 4. The van der Waals surface area contributed by atoms with Gasteiger partial charge in [-0.15, -0.1) is 0 Å². The van der Waals surface area contributed by atoms with Crippen LogP contribution in [0.1, 0.15) is 11.3 Å². The van der Waals surface area contributed by atoms with Crippen molar-refractivity contribution in [2.45, 2.75) is 13.5 Å². The van der Waals surface area contributed by atoms with Crippen LogP contribution in [0, 0.1) is 6.92 Å². The average molecular weight is 301 g/mol. The third-order valence-corrected chi connectivity index (χ3v) is 4.01. The molecule has 0 saturated heterocycles. The van der Waals surface area contributed by atoms with Crippen molar-refractivity contribution in [2.75, 3.05) is 12.4 Å². The summed E-state index contributed by atoms with van der Waals surface area (Å²) >= 11 is 6.41. The molecule has 0 atom stereocenters. The Labute approximate surface area is 128 Å². The third kappa shape index (κ3) is 2.69. The topological polar surface area (TPSA) is 37.0 Å². The molecule has 0 aliphatic heterocycles. The summed E-state index contributed by atoms with van der Waals surface area (Å²) in [6, 6.07) is 14.1. The Hall–Kier alpha value is -2.13. The van der Waals surface area contributed by atoms with Crippen molar-refractivity contribution in [3.8, 4) is 5.75 Å². The summed E-state index contributed by atoms with van der Waals surface area (Å²) in [7, 11) is 1.68. The number of nitrogens with one attached hydrogen (secondary N) is 2. The van der Waals surface area contributed by atoms with E-state index in [0.29, 0.717) is 6.54 Å². The van der Waals surface area contributed by atoms with E-state index in [1.165, 1.54) is 0 Å². The Balaban J connectivity index is 1.80. The summed E-state index contributed by atoms with van der Waals surface area (Å²) in [5, 5.41) is 5.22. The smallest absolute Gasteiger partial charge is 0.121 e. The Bertz CT molecular complexity index is 780. The second kappa shape index (κ2) is 5.70. The van der Waals surface area contributed by atoms with Crippen molar-refractivity contribution in [2.24, 2.45) is 0 Å². The molecule has 4 heteroatoms. The van der Waals surface area contributed by atoms with E-state index in [4.69, 9.17) is 16.3 Å². The molecule has 0 spiro atoms. The normalized spacial score (nSPS) is 10.8. The summed E-state index contributed by atoms with van der Waals surface area (Å²) < 4.78 is 5.27. The lowest BCUT2D eigenvalue weighted by Crippen LogP contribution is -2.00. The zero-order valence-corrected chi connectivity index (χ0v) is 12.8. The predicted octanol–water partition coefficient (Wildman–Crippen LogP) is 4.75. The number of para-hydroxylation sites is 1. The minimum absolute atomic E-state index is 0.652. The highest BCUT2D eigenvalue weighted by Gasteiger charge is 2.08. The molecule has 2 N–H and O–H groups in total. The maximum absolute atomic E-state index is 6.41. The third-order valence-electron chi connectivity index (χ3n) is 3.58. The van der Waals surface area contributed by atoms with Gasteiger partial charge in [0.2, 0.25) is 0 Å². The van der Waals surface area contributed by atoms with Crippen LogP contribution in [0.2, 0.25) is 5.02 Å². The van der Waals surface area contributed by atoms with Crippen LogP contribution in [0.4, 0.5) is 5.69 Å². The maximum Gasteiger partial charge on any atom is 0.121 e. The van der Waals surface area contributed by atoms with Crippen LogP contribution in [0.15, 0.2) is 42.5 Å². The van der Waals surface area contributed by atoms with Gasteiger partial charge in [-0.05, 0) is 36.8 Å². The summed E-state index contributed by atoms with van der Waals surface area (Å²) in [4.78, 5) is 3.35. The number of ether oxygens (including phenoxy) is 1. The molecule has 108 valence electrons. The number of hydrogen-bond acceptors (Lipinski definition) is 2. The fraction of sp³-hybridized carbons (Fsp3) is 0.176. The van der Waals surface area contributed by atoms with Crippen LogP contribution in [0.25, 0.3) is 10.9 Å². The molecular formula is C17H17ClN2O. The van der Waals surface area contributed by atoms with E-state index < -0.39 is 0 Å². The van der Waals surface area contributed by atoms with Crippen molar-refractivity contribution >= 4 is 28.2 Å². The minimum atomic E-state index is 0.652. The van der Waals surface area contributed by atoms with Crippen LogP contribution in [-0.4, -0.2) is 12.1 Å². The fourth-order valence-electron chi connectivity index (χ4n) is 2.46. The molecule has 3 aromatic rings. The Kier molecular flexibility index (Phi) is 3.76. The Morgan fingerprint density at radius 3 is 2.71 bits per heavy atom. The van der Waals surface area contributed by atoms with E-state index >= 15 is 0 Å². The summed E-state index contributed by atoms with van der Waals surface area (Å²) in [6.45, 7) is 2.68. The number of anilines is 1. The van der Waals surface area contributed by atoms with E-state index in [9.17, 15) is 0 Å². The first-order valence-electron chi connectivity index (χ1n) is 6.82. The number of H-pyrrole nitrogens is 1. The first kappa shape index (κ1) is 13.8. The molecule has 3 nitrogen and oxygen atoms in total. The van der Waals surface area contributed by atoms with Gasteiger partial charge in [0.25, 0.3) is 0 Å². The number of fused-ring (bicyclic) bond motifs is 1. The molecule has 0 aliphatic rings. The lowest BCUT2D eigenvalue weighted by molar-refractivity contribution is 0.412. The molecule has 0 fully saturated rings. The van der Waals surface area contributed by atoms with Gasteiger partial charge in [-0.3, -0.25) is 0 Å². The predicted molar refractivity (Wildman–Crippen MR) is 88.4 cm³/mol. The molecule has 21 heavy (non-hydrogen) atoms. The van der Waals surface area contributed by atoms with Gasteiger partial charge in [0.1, 0.15) is 5.75 Å². The van der Waals surface area contributed by atoms with Crippen LogP contribution >= 0.6 is 11.6 Å². The molecule has 1 heterocycles. The first-order valence-corrected chi connectivity index (χ1v) is 7.20. The lowest BCUT2D eigenvalue weighted by atomic mass is 10.2. The van der Waals surface area contributed by atoms with Crippen LogP contribution in [-0.2, 0) is 6.54 Å². The van der Waals surface area contributed by atoms with Gasteiger partial charge >= 0.3 is 0 Å². The number of aromatic nitrogens is 1. The number of benzene rings is 2. The van der Waals surface area contributed by atoms with Crippen molar-refractivity contribution in [3.05, 3.63) is 58.7 Å². The highest BCUT2D eigenvalue weighted by atomic mass is 35.5. The van der Waals surface area contributed by atoms with Crippen LogP contribution < -0.4 is 10.1 Å². The largest absolute Gasteiger partial charge is 0.496 e. The highest BCUT2D eigenvalue weighted by molar-refractivity contribution is 6.36. The van der Waals surface area contributed by atoms with Crippen LogP contribution in [0.3, 0.4) is 0 Å². The second-order valence-corrected chi connectivity index (χ2v) is 5.38. The molecule has 1 aromatic heterocycles. The molecular weight excluding hydrogens is 284 g/mol. The zero-order chi connectivity index (χ0) is 14.8. The van der Waals surface area contributed by atoms with E-state index in [1.54, 1.807) is 7.11 Å². The molecule has 0 amide bonds. The minimum Gasteiger partial charge on any atom is -0.496 e. The van der Waals surface area contributed by atoms with E-state index in [-0.39, 0.29) is 0 Å². The summed E-state index contributed by atoms with van der Waals surface area (Å²) in [5.41, 5.74) is 4.20. The molecule has 2 aromatic carbocycles. The monoisotopic (exact) mass is 300 g/mol. The number of aromatic amines is 1. The number of hydrogen-bond donors (Lipinski definition) is 2. The Morgan fingerprint density at radius 2 is 2.00 bits per heavy atom. The van der Waals surface area contributed by atoms with Gasteiger partial charge in [0.05, 0.1) is 24.4 Å². The number of halogens is 1. The number of methoxy groups -OCH3 is 1.